The maximum atomic E-state index is 5.35. The first-order valence-electron chi connectivity index (χ1n) is 25.1. The van der Waals surface area contributed by atoms with Crippen molar-refractivity contribution in [1.29, 1.82) is 0 Å². The average molecular weight is 971 g/mol. The number of nitrogens with zero attached hydrogens (tertiary/aromatic N) is 4. The van der Waals surface area contributed by atoms with E-state index in [9.17, 15) is 0 Å². The highest BCUT2D eigenvalue weighted by Crippen LogP contribution is 2.36. The SMILES string of the molecule is C(C#Cc1c2nc(c(-c3ccccc3)c3ccc(cc4nc(c(-c5ccccc5)c5ccc1[nH]5)C=C4)[nH]3)C=C2)#Cc1c2nc(c(-c3ccccc3)c3ccc(cc4nc(c(-c5ccccc5)c5ccc1[nH]5)C=C4)[nH]3)C=C2. The molecule has 4 N–H and O–H groups in total. The Balaban J connectivity index is 1.02. The van der Waals surface area contributed by atoms with E-state index in [1.165, 1.54) is 0 Å². The maximum absolute atomic E-state index is 5.35. The van der Waals surface area contributed by atoms with Gasteiger partial charge >= 0.3 is 0 Å². The van der Waals surface area contributed by atoms with E-state index >= 15 is 0 Å². The molecule has 4 aliphatic rings. The maximum Gasteiger partial charge on any atom is 0.0815 e. The molecule has 0 spiro atoms. The lowest BCUT2D eigenvalue weighted by Gasteiger charge is -2.04. The van der Waals surface area contributed by atoms with Gasteiger partial charge in [0.05, 0.1) is 67.7 Å². The largest absolute Gasteiger partial charge is 0.355 e. The van der Waals surface area contributed by atoms with Crippen molar-refractivity contribution >= 4 is 92.7 Å². The van der Waals surface area contributed by atoms with E-state index in [1.54, 1.807) is 0 Å². The standard InChI is InChI=1S/C68H42N8/c1-5-15-43(16-6-1)65-57-29-25-47(69-57)41-48-26-30-58(70-48)66(44-17-7-2-8-18-44)62-38-34-54(74-62)51(53-33-37-61(65)73-53)23-13-14-24-52-55-35-39-63(75-55)67(45-19-9-3-10-20-45)59-31-27-49(71-59)42-50-28-32-60(72-50)68(46-21-11-4-12-22-46)64-40-36-56(52)76-64/h1-12,15-22,25-42,69,71,74,76H. The van der Waals surface area contributed by atoms with Gasteiger partial charge in [-0.15, -0.1) is 0 Å². The van der Waals surface area contributed by atoms with Gasteiger partial charge in [0.15, 0.2) is 0 Å². The van der Waals surface area contributed by atoms with Crippen molar-refractivity contribution in [3.05, 3.63) is 239 Å². The molecule has 0 fully saturated rings. The summed E-state index contributed by atoms with van der Waals surface area (Å²) in [5.41, 5.74) is 23.0. The number of nitrogens with one attached hydrogen (secondary N) is 4. The van der Waals surface area contributed by atoms with E-state index in [1.807, 2.05) is 36.4 Å². The zero-order valence-corrected chi connectivity index (χ0v) is 40.7. The summed E-state index contributed by atoms with van der Waals surface area (Å²) >= 11 is 0. The Labute approximate surface area is 437 Å². The van der Waals surface area contributed by atoms with Crippen LogP contribution in [0.2, 0.25) is 0 Å². The summed E-state index contributed by atoms with van der Waals surface area (Å²) in [7, 11) is 0. The molecule has 0 unspecified atom stereocenters. The van der Waals surface area contributed by atoms with E-state index in [0.29, 0.717) is 22.5 Å². The Morgan fingerprint density at radius 2 is 0.566 bits per heavy atom. The fourth-order valence-electron chi connectivity index (χ4n) is 10.4. The Kier molecular flexibility index (Phi) is 10.8. The number of aromatic amines is 4. The Bertz CT molecular complexity index is 4250. The molecule has 16 bridgehead atoms. The van der Waals surface area contributed by atoms with Gasteiger partial charge in [0.1, 0.15) is 0 Å². The van der Waals surface area contributed by atoms with Gasteiger partial charge in [-0.1, -0.05) is 121 Å². The van der Waals surface area contributed by atoms with Crippen molar-refractivity contribution in [1.82, 2.24) is 39.9 Å². The van der Waals surface area contributed by atoms with Crippen LogP contribution in [0.15, 0.2) is 182 Å². The van der Waals surface area contributed by atoms with Crippen LogP contribution in [0.3, 0.4) is 0 Å². The molecule has 0 saturated carbocycles. The predicted molar refractivity (Wildman–Crippen MR) is 313 cm³/mol. The number of hydrogen-bond acceptors (Lipinski definition) is 4. The lowest BCUT2D eigenvalue weighted by Crippen LogP contribution is -1.88. The van der Waals surface area contributed by atoms with Crippen LogP contribution in [0.25, 0.3) is 137 Å². The van der Waals surface area contributed by atoms with E-state index < -0.39 is 0 Å². The van der Waals surface area contributed by atoms with Crippen LogP contribution >= 0.6 is 0 Å². The summed E-state index contributed by atoms with van der Waals surface area (Å²) in [5.74, 6) is 13.6. The molecule has 0 radical (unpaired) electrons. The summed E-state index contributed by atoms with van der Waals surface area (Å²) in [6.07, 6.45) is 16.5. The molecule has 0 amide bonds. The topological polar surface area (TPSA) is 115 Å². The lowest BCUT2D eigenvalue weighted by atomic mass is 10.0. The van der Waals surface area contributed by atoms with Gasteiger partial charge in [-0.2, -0.15) is 0 Å². The fourth-order valence-corrected chi connectivity index (χ4v) is 10.4. The fraction of sp³-hybridized carbons (Fsp3) is 0. The van der Waals surface area contributed by atoms with Gasteiger partial charge in [0.2, 0.25) is 0 Å². The number of fused-ring (bicyclic) bond motifs is 16. The molecule has 0 saturated heterocycles. The van der Waals surface area contributed by atoms with E-state index in [4.69, 9.17) is 19.9 Å². The normalized spacial score (nSPS) is 12.1. The van der Waals surface area contributed by atoms with Crippen LogP contribution in [0.1, 0.15) is 56.7 Å². The molecule has 76 heavy (non-hydrogen) atoms. The van der Waals surface area contributed by atoms with Crippen LogP contribution in [-0.4, -0.2) is 39.9 Å². The highest BCUT2D eigenvalue weighted by molar-refractivity contribution is 5.97. The van der Waals surface area contributed by atoms with Crippen LogP contribution < -0.4 is 0 Å². The Morgan fingerprint density at radius 1 is 0.263 bits per heavy atom. The molecule has 10 aromatic rings. The minimum Gasteiger partial charge on any atom is -0.355 e. The minimum absolute atomic E-state index is 0.697. The predicted octanol–water partition coefficient (Wildman–Crippen LogP) is 15.7. The van der Waals surface area contributed by atoms with E-state index in [-0.39, 0.29) is 0 Å². The molecule has 4 aliphatic heterocycles. The van der Waals surface area contributed by atoms with Crippen LogP contribution in [-0.2, 0) is 0 Å². The quantitative estimate of drug-likeness (QED) is 0.132. The highest BCUT2D eigenvalue weighted by Gasteiger charge is 2.18. The van der Waals surface area contributed by atoms with Gasteiger partial charge in [-0.25, -0.2) is 19.9 Å². The first kappa shape index (κ1) is 43.9. The first-order valence-corrected chi connectivity index (χ1v) is 25.1. The molecule has 0 atom stereocenters. The molecule has 14 rings (SSSR count). The van der Waals surface area contributed by atoms with Crippen molar-refractivity contribution in [2.75, 3.05) is 0 Å². The molecule has 8 heteroatoms. The van der Waals surface area contributed by atoms with Gasteiger partial charge in [0.25, 0.3) is 0 Å². The third kappa shape index (κ3) is 8.25. The number of benzene rings is 4. The third-order valence-electron chi connectivity index (χ3n) is 13.8. The van der Waals surface area contributed by atoms with Gasteiger partial charge in [-0.3, -0.25) is 0 Å². The summed E-state index contributed by atoms with van der Waals surface area (Å²) in [6.45, 7) is 0. The zero-order chi connectivity index (χ0) is 50.4. The van der Waals surface area contributed by atoms with Crippen LogP contribution in [0.4, 0.5) is 0 Å². The third-order valence-corrected chi connectivity index (χ3v) is 13.8. The molecule has 8 nitrogen and oxygen atoms in total. The number of hydrogen-bond donors (Lipinski definition) is 4. The molecule has 6 aromatic heterocycles. The highest BCUT2D eigenvalue weighted by atomic mass is 14.8. The summed E-state index contributed by atoms with van der Waals surface area (Å²) in [4.78, 5) is 35.9. The minimum atomic E-state index is 0.697. The summed E-state index contributed by atoms with van der Waals surface area (Å²) in [5, 5.41) is 0. The van der Waals surface area contributed by atoms with Gasteiger partial charge in [0, 0.05) is 55.4 Å². The molecule has 10 heterocycles. The number of H-pyrrole nitrogens is 4. The first-order chi connectivity index (χ1) is 37.6. The molecular formula is C68H42N8. The second kappa shape index (κ2) is 18.7. The van der Waals surface area contributed by atoms with E-state index in [0.717, 1.165) is 123 Å². The number of aromatic nitrogens is 8. The monoisotopic (exact) mass is 970 g/mol. The van der Waals surface area contributed by atoms with E-state index in [2.05, 4.69) is 238 Å². The summed E-state index contributed by atoms with van der Waals surface area (Å²) < 4.78 is 0. The molecular weight excluding hydrogens is 929 g/mol. The van der Waals surface area contributed by atoms with Gasteiger partial charge in [-0.05, 0) is 155 Å². The van der Waals surface area contributed by atoms with Crippen LogP contribution in [0, 0.1) is 23.7 Å². The smallest absolute Gasteiger partial charge is 0.0815 e. The van der Waals surface area contributed by atoms with Crippen molar-refractivity contribution in [3.63, 3.8) is 0 Å². The van der Waals surface area contributed by atoms with Crippen molar-refractivity contribution in [3.8, 4) is 68.2 Å². The lowest BCUT2D eigenvalue weighted by molar-refractivity contribution is 1.30. The Morgan fingerprint density at radius 3 is 0.947 bits per heavy atom. The second-order valence-electron chi connectivity index (χ2n) is 18.7. The number of rotatable bonds is 4. The van der Waals surface area contributed by atoms with Crippen molar-refractivity contribution in [2.45, 2.75) is 0 Å². The van der Waals surface area contributed by atoms with Crippen molar-refractivity contribution < 1.29 is 0 Å². The second-order valence-corrected chi connectivity index (χ2v) is 18.7. The van der Waals surface area contributed by atoms with Crippen molar-refractivity contribution in [2.24, 2.45) is 0 Å². The van der Waals surface area contributed by atoms with Gasteiger partial charge < -0.3 is 19.9 Å². The zero-order valence-electron chi connectivity index (χ0n) is 40.7. The van der Waals surface area contributed by atoms with Crippen LogP contribution in [0.5, 0.6) is 0 Å². The Hall–Kier alpha value is -10.8. The summed E-state index contributed by atoms with van der Waals surface area (Å²) in [6, 6.07) is 62.3. The molecule has 354 valence electrons. The average Bonchev–Trinajstić information content (AvgIpc) is 4.32. The molecule has 0 aliphatic carbocycles. The molecule has 4 aromatic carbocycles.